The molecule has 0 aromatic heterocycles. The maximum absolute atomic E-state index is 11.9. The van der Waals surface area contributed by atoms with Gasteiger partial charge in [-0.05, 0) is 62.4 Å². The molecule has 3 N–H and O–H groups in total. The van der Waals surface area contributed by atoms with Crippen molar-refractivity contribution >= 4 is 11.7 Å². The Morgan fingerprint density at radius 2 is 2.13 bits per heavy atom. The number of aliphatic hydroxyl groups excluding tert-OH is 1. The zero-order chi connectivity index (χ0) is 16.5. The molecule has 1 heterocycles. The smallest absolute Gasteiger partial charge is 0.319 e. The van der Waals surface area contributed by atoms with Crippen LogP contribution in [0.2, 0.25) is 0 Å². The Labute approximate surface area is 139 Å². The lowest BCUT2D eigenvalue weighted by Gasteiger charge is -2.15. The molecule has 1 aromatic rings. The quantitative estimate of drug-likeness (QED) is 0.690. The molecule has 0 spiro atoms. The zero-order valence-electron chi connectivity index (χ0n) is 14.1. The molecule has 5 heteroatoms. The highest BCUT2D eigenvalue weighted by Gasteiger charge is 2.11. The van der Waals surface area contributed by atoms with Crippen LogP contribution in [0.15, 0.2) is 24.3 Å². The number of aliphatic hydroxyl groups is 1. The first kappa shape index (κ1) is 17.8. The van der Waals surface area contributed by atoms with Crippen LogP contribution < -0.4 is 10.6 Å². The van der Waals surface area contributed by atoms with E-state index in [0.717, 1.165) is 18.7 Å². The molecule has 1 aromatic carbocycles. The predicted molar refractivity (Wildman–Crippen MR) is 93.7 cm³/mol. The Kier molecular flexibility index (Phi) is 7.36. The first-order valence-corrected chi connectivity index (χ1v) is 8.64. The van der Waals surface area contributed by atoms with Crippen molar-refractivity contribution in [2.75, 3.05) is 38.1 Å². The van der Waals surface area contributed by atoms with Gasteiger partial charge in [0.1, 0.15) is 0 Å². The molecular formula is C18H29N3O2. The summed E-state index contributed by atoms with van der Waals surface area (Å²) < 4.78 is 0. The van der Waals surface area contributed by atoms with Gasteiger partial charge in [-0.1, -0.05) is 19.1 Å². The molecular weight excluding hydrogens is 290 g/mol. The summed E-state index contributed by atoms with van der Waals surface area (Å²) in [6, 6.07) is 7.88. The van der Waals surface area contributed by atoms with E-state index in [1.54, 1.807) is 0 Å². The number of carbonyl (C=O) groups excluding carboxylic acids is 1. The maximum atomic E-state index is 11.9. The third-order valence-electron chi connectivity index (χ3n) is 4.33. The highest BCUT2D eigenvalue weighted by atomic mass is 16.3. The lowest BCUT2D eigenvalue weighted by atomic mass is 10.1. The van der Waals surface area contributed by atoms with E-state index in [1.807, 2.05) is 25.1 Å². The molecule has 0 saturated carbocycles. The van der Waals surface area contributed by atoms with Crippen molar-refractivity contribution in [2.45, 2.75) is 32.6 Å². The van der Waals surface area contributed by atoms with Crippen LogP contribution in [0.25, 0.3) is 0 Å². The van der Waals surface area contributed by atoms with Gasteiger partial charge in [-0.15, -0.1) is 0 Å². The van der Waals surface area contributed by atoms with E-state index >= 15 is 0 Å². The van der Waals surface area contributed by atoms with E-state index in [4.69, 9.17) is 5.11 Å². The fourth-order valence-corrected chi connectivity index (χ4v) is 2.86. The number of nitrogens with zero attached hydrogens (tertiary/aromatic N) is 1. The van der Waals surface area contributed by atoms with Crippen LogP contribution in [0.4, 0.5) is 10.5 Å². The second kappa shape index (κ2) is 9.53. The fraction of sp³-hybridized carbons (Fsp3) is 0.611. The summed E-state index contributed by atoms with van der Waals surface area (Å²) in [7, 11) is 0. The molecule has 128 valence electrons. The number of hydrogen-bond acceptors (Lipinski definition) is 3. The van der Waals surface area contributed by atoms with E-state index in [1.165, 1.54) is 31.5 Å². The molecule has 1 saturated heterocycles. The minimum absolute atomic E-state index is 0.156. The number of likely N-dealkylation sites (tertiary alicyclic amines) is 1. The van der Waals surface area contributed by atoms with Crippen LogP contribution in [0.5, 0.6) is 0 Å². The summed E-state index contributed by atoms with van der Waals surface area (Å²) >= 11 is 0. The van der Waals surface area contributed by atoms with Crippen molar-refractivity contribution in [3.05, 3.63) is 29.8 Å². The largest absolute Gasteiger partial charge is 0.396 e. The van der Waals surface area contributed by atoms with E-state index in [9.17, 15) is 4.79 Å². The summed E-state index contributed by atoms with van der Waals surface area (Å²) in [6.45, 7) is 6.26. The van der Waals surface area contributed by atoms with Crippen molar-refractivity contribution in [1.82, 2.24) is 10.2 Å². The van der Waals surface area contributed by atoms with Gasteiger partial charge in [0, 0.05) is 25.4 Å². The molecule has 2 amide bonds. The molecule has 1 fully saturated rings. The predicted octanol–water partition coefficient (Wildman–Crippen LogP) is 2.46. The van der Waals surface area contributed by atoms with Crippen LogP contribution in [-0.2, 0) is 6.42 Å². The van der Waals surface area contributed by atoms with Crippen molar-refractivity contribution in [3.8, 4) is 0 Å². The first-order chi connectivity index (χ1) is 11.2. The molecule has 1 aliphatic heterocycles. The topological polar surface area (TPSA) is 64.6 Å². The van der Waals surface area contributed by atoms with Gasteiger partial charge in [0.05, 0.1) is 0 Å². The van der Waals surface area contributed by atoms with E-state index in [2.05, 4.69) is 21.6 Å². The highest BCUT2D eigenvalue weighted by molar-refractivity contribution is 5.89. The van der Waals surface area contributed by atoms with Crippen LogP contribution in [0, 0.1) is 5.92 Å². The summed E-state index contributed by atoms with van der Waals surface area (Å²) in [4.78, 5) is 14.4. The SMILES string of the molecule is CC(CCO)CNC(=O)Nc1cccc(CCN2CCCC2)c1. The lowest BCUT2D eigenvalue weighted by molar-refractivity contribution is 0.243. The number of benzene rings is 1. The third-order valence-corrected chi connectivity index (χ3v) is 4.33. The Balaban J connectivity index is 1.76. The normalized spacial score (nSPS) is 16.3. The van der Waals surface area contributed by atoms with Gasteiger partial charge in [0.2, 0.25) is 0 Å². The molecule has 5 nitrogen and oxygen atoms in total. The van der Waals surface area contributed by atoms with Crippen molar-refractivity contribution in [2.24, 2.45) is 5.92 Å². The first-order valence-electron chi connectivity index (χ1n) is 8.64. The molecule has 1 aliphatic rings. The van der Waals surface area contributed by atoms with Gasteiger partial charge in [-0.25, -0.2) is 4.79 Å². The minimum Gasteiger partial charge on any atom is -0.396 e. The molecule has 1 unspecified atom stereocenters. The number of carbonyl (C=O) groups is 1. The Bertz CT molecular complexity index is 487. The molecule has 0 radical (unpaired) electrons. The number of nitrogens with one attached hydrogen (secondary N) is 2. The average molecular weight is 319 g/mol. The van der Waals surface area contributed by atoms with Crippen LogP contribution in [0.1, 0.15) is 31.7 Å². The second-order valence-electron chi connectivity index (χ2n) is 6.45. The van der Waals surface area contributed by atoms with Gasteiger partial charge in [-0.2, -0.15) is 0 Å². The van der Waals surface area contributed by atoms with Gasteiger partial charge < -0.3 is 20.6 Å². The Hall–Kier alpha value is -1.59. The number of rotatable bonds is 8. The van der Waals surface area contributed by atoms with Crippen molar-refractivity contribution < 1.29 is 9.90 Å². The number of hydrogen-bond donors (Lipinski definition) is 3. The average Bonchev–Trinajstić information content (AvgIpc) is 3.05. The van der Waals surface area contributed by atoms with Crippen molar-refractivity contribution in [1.29, 1.82) is 0 Å². The minimum atomic E-state index is -0.188. The number of urea groups is 1. The molecule has 23 heavy (non-hydrogen) atoms. The second-order valence-corrected chi connectivity index (χ2v) is 6.45. The summed E-state index contributed by atoms with van der Waals surface area (Å²) in [5.41, 5.74) is 2.08. The highest BCUT2D eigenvalue weighted by Crippen LogP contribution is 2.13. The fourth-order valence-electron chi connectivity index (χ4n) is 2.86. The standard InChI is InChI=1S/C18H29N3O2/c1-15(8-12-22)14-19-18(23)20-17-6-4-5-16(13-17)7-11-21-9-2-3-10-21/h4-6,13,15,22H,2-3,7-12,14H2,1H3,(H2,19,20,23). The summed E-state index contributed by atoms with van der Waals surface area (Å²) in [6.07, 6.45) is 4.35. The van der Waals surface area contributed by atoms with E-state index in [-0.39, 0.29) is 18.6 Å². The molecule has 0 bridgehead atoms. The summed E-state index contributed by atoms with van der Waals surface area (Å²) in [5.74, 6) is 0.276. The third kappa shape index (κ3) is 6.59. The van der Waals surface area contributed by atoms with Crippen LogP contribution >= 0.6 is 0 Å². The lowest BCUT2D eigenvalue weighted by Crippen LogP contribution is -2.32. The Morgan fingerprint density at radius 3 is 2.87 bits per heavy atom. The van der Waals surface area contributed by atoms with Gasteiger partial charge in [0.25, 0.3) is 0 Å². The monoisotopic (exact) mass is 319 g/mol. The molecule has 2 rings (SSSR count). The van der Waals surface area contributed by atoms with Gasteiger partial charge in [-0.3, -0.25) is 0 Å². The zero-order valence-corrected chi connectivity index (χ0v) is 14.1. The molecule has 0 aliphatic carbocycles. The van der Waals surface area contributed by atoms with Gasteiger partial charge >= 0.3 is 6.03 Å². The summed E-state index contributed by atoms with van der Waals surface area (Å²) in [5, 5.41) is 14.6. The van der Waals surface area contributed by atoms with Gasteiger partial charge in [0.15, 0.2) is 0 Å². The number of amides is 2. The van der Waals surface area contributed by atoms with E-state index in [0.29, 0.717) is 13.0 Å². The van der Waals surface area contributed by atoms with E-state index < -0.39 is 0 Å². The Morgan fingerprint density at radius 1 is 1.35 bits per heavy atom. The number of anilines is 1. The maximum Gasteiger partial charge on any atom is 0.319 e. The van der Waals surface area contributed by atoms with Crippen molar-refractivity contribution in [3.63, 3.8) is 0 Å². The van der Waals surface area contributed by atoms with Crippen LogP contribution in [0.3, 0.4) is 0 Å². The molecule has 1 atom stereocenters. The van der Waals surface area contributed by atoms with Crippen LogP contribution in [-0.4, -0.2) is 48.8 Å².